The summed E-state index contributed by atoms with van der Waals surface area (Å²) in [5.41, 5.74) is -0.539. The van der Waals surface area contributed by atoms with Crippen molar-refractivity contribution in [1.82, 2.24) is 0 Å². The van der Waals surface area contributed by atoms with Gasteiger partial charge in [-0.2, -0.15) is 13.2 Å². The molecule has 140 valence electrons. The fourth-order valence-electron chi connectivity index (χ4n) is 2.06. The maximum atomic E-state index is 12.9. The first-order valence-electron chi connectivity index (χ1n) is 7.31. The smallest absolute Gasteiger partial charge is 0.417 e. The van der Waals surface area contributed by atoms with Gasteiger partial charge < -0.3 is 15.4 Å². The van der Waals surface area contributed by atoms with Gasteiger partial charge in [-0.15, -0.1) is 11.3 Å². The third kappa shape index (κ3) is 4.87. The molecule has 4 nitrogen and oxygen atoms in total. The number of rotatable bonds is 4. The molecule has 0 atom stereocenters. The SMILES string of the molecule is CCc1cc(C(=O)OC)c(NC(=S)Nc2ccc(Cl)c(C(F)(F)F)c2)s1. The van der Waals surface area contributed by atoms with E-state index in [9.17, 15) is 18.0 Å². The van der Waals surface area contributed by atoms with Crippen LogP contribution in [0.15, 0.2) is 24.3 Å². The van der Waals surface area contributed by atoms with Gasteiger partial charge in [0.15, 0.2) is 5.11 Å². The van der Waals surface area contributed by atoms with Crippen LogP contribution in [0.4, 0.5) is 23.9 Å². The molecule has 0 bridgehead atoms. The summed E-state index contributed by atoms with van der Waals surface area (Å²) >= 11 is 12.0. The van der Waals surface area contributed by atoms with Crippen LogP contribution in [0.5, 0.6) is 0 Å². The Morgan fingerprint density at radius 1 is 1.31 bits per heavy atom. The first-order valence-corrected chi connectivity index (χ1v) is 8.91. The Labute approximate surface area is 162 Å². The minimum Gasteiger partial charge on any atom is -0.465 e. The lowest BCUT2D eigenvalue weighted by Crippen LogP contribution is -2.20. The Morgan fingerprint density at radius 3 is 2.58 bits per heavy atom. The number of aryl methyl sites for hydroxylation is 1. The lowest BCUT2D eigenvalue weighted by atomic mass is 10.2. The highest BCUT2D eigenvalue weighted by molar-refractivity contribution is 7.80. The largest absolute Gasteiger partial charge is 0.465 e. The molecule has 0 unspecified atom stereocenters. The van der Waals surface area contributed by atoms with Gasteiger partial charge in [-0.05, 0) is 42.9 Å². The van der Waals surface area contributed by atoms with Crippen LogP contribution in [0, 0.1) is 0 Å². The van der Waals surface area contributed by atoms with Crippen molar-refractivity contribution >= 4 is 56.9 Å². The van der Waals surface area contributed by atoms with Crippen molar-refractivity contribution in [3.05, 3.63) is 45.3 Å². The molecule has 0 aliphatic heterocycles. The van der Waals surface area contributed by atoms with Crippen LogP contribution in [-0.4, -0.2) is 18.2 Å². The summed E-state index contributed by atoms with van der Waals surface area (Å²) in [5.74, 6) is -0.530. The Kier molecular flexibility index (Phi) is 6.48. The molecular weight excluding hydrogens is 409 g/mol. The zero-order valence-electron chi connectivity index (χ0n) is 13.7. The molecule has 2 rings (SSSR count). The zero-order valence-corrected chi connectivity index (χ0v) is 16.1. The number of esters is 1. The summed E-state index contributed by atoms with van der Waals surface area (Å²) in [4.78, 5) is 12.8. The van der Waals surface area contributed by atoms with E-state index in [2.05, 4.69) is 10.6 Å². The Balaban J connectivity index is 2.20. The molecule has 26 heavy (non-hydrogen) atoms. The van der Waals surface area contributed by atoms with Gasteiger partial charge >= 0.3 is 12.1 Å². The van der Waals surface area contributed by atoms with Crippen LogP contribution in [0.1, 0.15) is 27.7 Å². The van der Waals surface area contributed by atoms with E-state index in [1.165, 1.54) is 24.5 Å². The second-order valence-corrected chi connectivity index (χ2v) is 7.02. The molecule has 1 heterocycles. The molecule has 0 saturated heterocycles. The topological polar surface area (TPSA) is 50.4 Å². The zero-order chi connectivity index (χ0) is 19.5. The highest BCUT2D eigenvalue weighted by Gasteiger charge is 2.33. The molecule has 10 heteroatoms. The Bertz CT molecular complexity index is 837. The second kappa shape index (κ2) is 8.24. The Hall–Kier alpha value is -1.84. The van der Waals surface area contributed by atoms with E-state index in [-0.39, 0.29) is 10.8 Å². The molecular formula is C16H14ClF3N2O2S2. The summed E-state index contributed by atoms with van der Waals surface area (Å²) in [7, 11) is 1.26. The Morgan fingerprint density at radius 2 is 2.00 bits per heavy atom. The highest BCUT2D eigenvalue weighted by Crippen LogP contribution is 2.36. The number of carbonyl (C=O) groups excluding carboxylic acids is 1. The fourth-order valence-corrected chi connectivity index (χ4v) is 3.55. The molecule has 0 aliphatic rings. The lowest BCUT2D eigenvalue weighted by molar-refractivity contribution is -0.137. The van der Waals surface area contributed by atoms with Crippen molar-refractivity contribution in [2.45, 2.75) is 19.5 Å². The van der Waals surface area contributed by atoms with Gasteiger partial charge in [0.25, 0.3) is 0 Å². The molecule has 1 aromatic heterocycles. The van der Waals surface area contributed by atoms with E-state index in [1.807, 2.05) is 6.92 Å². The molecule has 0 amide bonds. The van der Waals surface area contributed by atoms with E-state index in [4.69, 9.17) is 28.6 Å². The van der Waals surface area contributed by atoms with Gasteiger partial charge in [-0.1, -0.05) is 18.5 Å². The lowest BCUT2D eigenvalue weighted by Gasteiger charge is -2.13. The molecule has 0 aliphatic carbocycles. The van der Waals surface area contributed by atoms with E-state index in [0.29, 0.717) is 17.0 Å². The van der Waals surface area contributed by atoms with Gasteiger partial charge in [0.2, 0.25) is 0 Å². The molecule has 0 fully saturated rings. The maximum Gasteiger partial charge on any atom is 0.417 e. The van der Waals surface area contributed by atoms with Gasteiger partial charge in [-0.25, -0.2) is 4.79 Å². The van der Waals surface area contributed by atoms with Crippen LogP contribution in [0.25, 0.3) is 0 Å². The summed E-state index contributed by atoms with van der Waals surface area (Å²) in [5, 5.41) is 5.57. The number of thiophene rings is 1. The van der Waals surface area contributed by atoms with Crippen molar-refractivity contribution in [1.29, 1.82) is 0 Å². The molecule has 1 aromatic carbocycles. The minimum atomic E-state index is -4.58. The number of carbonyl (C=O) groups is 1. The number of alkyl halides is 3. The van der Waals surface area contributed by atoms with Crippen LogP contribution in [0.3, 0.4) is 0 Å². The number of halogens is 4. The van der Waals surface area contributed by atoms with Crippen LogP contribution in [0.2, 0.25) is 5.02 Å². The molecule has 2 aromatic rings. The molecule has 0 saturated carbocycles. The summed E-state index contributed by atoms with van der Waals surface area (Å²) in [6.45, 7) is 1.93. The minimum absolute atomic E-state index is 0.0371. The number of nitrogens with one attached hydrogen (secondary N) is 2. The number of benzene rings is 1. The van der Waals surface area contributed by atoms with Crippen LogP contribution < -0.4 is 10.6 Å². The first-order chi connectivity index (χ1) is 12.2. The van der Waals surface area contributed by atoms with Crippen molar-refractivity contribution in [2.24, 2.45) is 0 Å². The number of thiocarbonyl (C=S) groups is 1. The number of hydrogen-bond acceptors (Lipinski definition) is 4. The van der Waals surface area contributed by atoms with Gasteiger partial charge in [0.05, 0.1) is 23.3 Å². The quantitative estimate of drug-likeness (QED) is 0.497. The van der Waals surface area contributed by atoms with Gasteiger partial charge in [-0.3, -0.25) is 0 Å². The average Bonchev–Trinajstić information content (AvgIpc) is 2.97. The first kappa shape index (κ1) is 20.5. The number of anilines is 2. The number of hydrogen-bond donors (Lipinski definition) is 2. The maximum absolute atomic E-state index is 12.9. The van der Waals surface area contributed by atoms with E-state index in [0.717, 1.165) is 17.0 Å². The van der Waals surface area contributed by atoms with Crippen molar-refractivity contribution in [2.75, 3.05) is 17.7 Å². The molecule has 0 spiro atoms. The third-order valence-electron chi connectivity index (χ3n) is 3.29. The van der Waals surface area contributed by atoms with Crippen LogP contribution in [-0.2, 0) is 17.3 Å². The van der Waals surface area contributed by atoms with E-state index < -0.39 is 22.7 Å². The average molecular weight is 423 g/mol. The van der Waals surface area contributed by atoms with Crippen LogP contribution >= 0.6 is 35.2 Å². The second-order valence-electron chi connectivity index (χ2n) is 5.07. The van der Waals surface area contributed by atoms with Gasteiger partial charge in [0.1, 0.15) is 5.00 Å². The van der Waals surface area contributed by atoms with E-state index in [1.54, 1.807) is 6.07 Å². The summed E-state index contributed by atoms with van der Waals surface area (Å²) in [6, 6.07) is 5.06. The third-order valence-corrected chi connectivity index (χ3v) is 5.02. The van der Waals surface area contributed by atoms with Gasteiger partial charge in [0, 0.05) is 10.6 Å². The standard InChI is InChI=1S/C16H14ClF3N2O2S2/c1-3-9-7-10(14(23)24-2)13(26-9)22-15(25)21-8-4-5-12(17)11(6-8)16(18,19)20/h4-7H,3H2,1-2H3,(H2,21,22,25). The monoisotopic (exact) mass is 422 g/mol. The number of methoxy groups -OCH3 is 1. The van der Waals surface area contributed by atoms with Crippen molar-refractivity contribution in [3.63, 3.8) is 0 Å². The number of ether oxygens (including phenoxy) is 1. The predicted molar refractivity (Wildman–Crippen MR) is 101 cm³/mol. The normalized spacial score (nSPS) is 11.2. The van der Waals surface area contributed by atoms with Crippen molar-refractivity contribution in [3.8, 4) is 0 Å². The summed E-state index contributed by atoms with van der Waals surface area (Å²) in [6.07, 6.45) is -3.87. The summed E-state index contributed by atoms with van der Waals surface area (Å²) < 4.78 is 43.5. The fraction of sp³-hybridized carbons (Fsp3) is 0.250. The van der Waals surface area contributed by atoms with E-state index >= 15 is 0 Å². The van der Waals surface area contributed by atoms with Crippen molar-refractivity contribution < 1.29 is 22.7 Å². The highest BCUT2D eigenvalue weighted by atomic mass is 35.5. The molecule has 0 radical (unpaired) electrons. The molecule has 2 N–H and O–H groups in total. The predicted octanol–water partition coefficient (Wildman–Crippen LogP) is 5.58.